The molecular formula is C19H32N4O2. The van der Waals surface area contributed by atoms with Crippen molar-refractivity contribution in [3.05, 3.63) is 17.0 Å². The summed E-state index contributed by atoms with van der Waals surface area (Å²) < 4.78 is 7.41. The molecule has 0 saturated carbocycles. The van der Waals surface area contributed by atoms with Gasteiger partial charge in [0.05, 0.1) is 11.7 Å². The largest absolute Gasteiger partial charge is 0.381 e. The van der Waals surface area contributed by atoms with Gasteiger partial charge in [-0.3, -0.25) is 9.48 Å². The van der Waals surface area contributed by atoms with Gasteiger partial charge in [0.25, 0.3) is 0 Å². The summed E-state index contributed by atoms with van der Waals surface area (Å²) in [6.07, 6.45) is 2.82. The molecule has 0 unspecified atom stereocenters. The Morgan fingerprint density at radius 3 is 2.56 bits per heavy atom. The van der Waals surface area contributed by atoms with Crippen LogP contribution in [0.3, 0.4) is 0 Å². The molecule has 6 nitrogen and oxygen atoms in total. The highest BCUT2D eigenvalue weighted by molar-refractivity contribution is 5.79. The number of hydrogen-bond donors (Lipinski definition) is 1. The van der Waals surface area contributed by atoms with Crippen molar-refractivity contribution in [3.63, 3.8) is 0 Å². The molecule has 1 N–H and O–H groups in total. The average Bonchev–Trinajstić information content (AvgIpc) is 2.96. The molecule has 2 aliphatic heterocycles. The summed E-state index contributed by atoms with van der Waals surface area (Å²) in [5.74, 6) is 0.527. The molecule has 0 aliphatic carbocycles. The minimum atomic E-state index is 0.121. The number of rotatable bonds is 5. The lowest BCUT2D eigenvalue weighted by atomic mass is 9.82. The third kappa shape index (κ3) is 3.60. The number of aryl methyl sites for hydroxylation is 2. The van der Waals surface area contributed by atoms with E-state index in [1.165, 1.54) is 5.56 Å². The summed E-state index contributed by atoms with van der Waals surface area (Å²) >= 11 is 0. The van der Waals surface area contributed by atoms with Gasteiger partial charge in [-0.05, 0) is 32.1 Å². The summed E-state index contributed by atoms with van der Waals surface area (Å²) in [4.78, 5) is 14.3. The van der Waals surface area contributed by atoms with E-state index in [1.54, 1.807) is 0 Å². The molecule has 3 rings (SSSR count). The molecule has 0 spiro atoms. The molecule has 2 aliphatic rings. The van der Waals surface area contributed by atoms with Crippen molar-refractivity contribution in [2.24, 2.45) is 18.4 Å². The Hall–Kier alpha value is -1.40. The highest BCUT2D eigenvalue weighted by atomic mass is 16.5. The molecule has 25 heavy (non-hydrogen) atoms. The standard InChI is InChI=1S/C19H32N4O2/c1-13-17(14(2)23(5)21-13)18-15(10-16(24)22(18)4)11-20-12-19(3)6-8-25-9-7-19/h15,18,20H,6-12H2,1-5H3/t15-,18+/m0/s1. The number of carbonyl (C=O) groups excluding carboxylic acids is 1. The maximum absolute atomic E-state index is 12.4. The lowest BCUT2D eigenvalue weighted by molar-refractivity contribution is -0.127. The SMILES string of the molecule is Cc1nn(C)c(C)c1[C@H]1[C@H](CNCC2(C)CCOCC2)CC(=O)N1C. The van der Waals surface area contributed by atoms with Gasteiger partial charge in [-0.15, -0.1) is 0 Å². The minimum absolute atomic E-state index is 0.121. The number of ether oxygens (including phenoxy) is 1. The normalized spacial score (nSPS) is 26.4. The van der Waals surface area contributed by atoms with Crippen LogP contribution in [0.15, 0.2) is 0 Å². The fourth-order valence-corrected chi connectivity index (χ4v) is 4.38. The minimum Gasteiger partial charge on any atom is -0.381 e. The van der Waals surface area contributed by atoms with Crippen molar-refractivity contribution in [3.8, 4) is 0 Å². The zero-order chi connectivity index (χ0) is 18.2. The first-order valence-electron chi connectivity index (χ1n) is 9.36. The van der Waals surface area contributed by atoms with E-state index in [0.717, 1.165) is 50.5 Å². The van der Waals surface area contributed by atoms with E-state index in [9.17, 15) is 4.79 Å². The molecule has 0 bridgehead atoms. The van der Waals surface area contributed by atoms with Gasteiger partial charge in [0.15, 0.2) is 0 Å². The summed E-state index contributed by atoms with van der Waals surface area (Å²) in [5.41, 5.74) is 3.72. The van der Waals surface area contributed by atoms with E-state index in [0.29, 0.717) is 17.8 Å². The quantitative estimate of drug-likeness (QED) is 0.884. The van der Waals surface area contributed by atoms with Crippen LogP contribution in [0.2, 0.25) is 0 Å². The van der Waals surface area contributed by atoms with Gasteiger partial charge in [-0.2, -0.15) is 5.10 Å². The van der Waals surface area contributed by atoms with Gasteiger partial charge in [-0.1, -0.05) is 6.92 Å². The van der Waals surface area contributed by atoms with Crippen LogP contribution in [0.4, 0.5) is 0 Å². The van der Waals surface area contributed by atoms with Crippen molar-refractivity contribution >= 4 is 5.91 Å². The number of carbonyl (C=O) groups is 1. The molecule has 3 heterocycles. The van der Waals surface area contributed by atoms with Crippen LogP contribution >= 0.6 is 0 Å². The van der Waals surface area contributed by atoms with Crippen molar-refractivity contribution in [1.29, 1.82) is 0 Å². The number of aromatic nitrogens is 2. The molecule has 1 aromatic heterocycles. The first kappa shape index (κ1) is 18.4. The van der Waals surface area contributed by atoms with E-state index in [1.807, 2.05) is 30.6 Å². The Kier molecular flexibility index (Phi) is 5.21. The van der Waals surface area contributed by atoms with Crippen molar-refractivity contribution < 1.29 is 9.53 Å². The van der Waals surface area contributed by atoms with Crippen LogP contribution in [0.25, 0.3) is 0 Å². The molecule has 2 saturated heterocycles. The Labute approximate surface area is 150 Å². The fourth-order valence-electron chi connectivity index (χ4n) is 4.38. The lowest BCUT2D eigenvalue weighted by Gasteiger charge is -2.34. The Balaban J connectivity index is 1.70. The third-order valence-electron chi connectivity index (χ3n) is 6.21. The van der Waals surface area contributed by atoms with Crippen LogP contribution in [-0.4, -0.2) is 53.9 Å². The van der Waals surface area contributed by atoms with E-state index < -0.39 is 0 Å². The van der Waals surface area contributed by atoms with E-state index in [4.69, 9.17) is 4.74 Å². The maximum Gasteiger partial charge on any atom is 0.223 e. The monoisotopic (exact) mass is 348 g/mol. The summed E-state index contributed by atoms with van der Waals surface area (Å²) in [6, 6.07) is 0.121. The van der Waals surface area contributed by atoms with Crippen LogP contribution in [0.5, 0.6) is 0 Å². The van der Waals surface area contributed by atoms with Crippen molar-refractivity contribution in [2.75, 3.05) is 33.4 Å². The molecule has 0 radical (unpaired) electrons. The van der Waals surface area contributed by atoms with E-state index >= 15 is 0 Å². The molecule has 6 heteroatoms. The Bertz CT molecular complexity index is 634. The predicted molar refractivity (Wildman–Crippen MR) is 97.3 cm³/mol. The Morgan fingerprint density at radius 2 is 1.96 bits per heavy atom. The third-order valence-corrected chi connectivity index (χ3v) is 6.21. The molecule has 0 aromatic carbocycles. The van der Waals surface area contributed by atoms with E-state index in [2.05, 4.69) is 24.3 Å². The highest BCUT2D eigenvalue weighted by Crippen LogP contribution is 2.39. The van der Waals surface area contributed by atoms with Crippen LogP contribution < -0.4 is 5.32 Å². The number of hydrogen-bond acceptors (Lipinski definition) is 4. The Morgan fingerprint density at radius 1 is 1.28 bits per heavy atom. The number of likely N-dealkylation sites (tertiary alicyclic amines) is 1. The van der Waals surface area contributed by atoms with E-state index in [-0.39, 0.29) is 11.9 Å². The number of amides is 1. The van der Waals surface area contributed by atoms with Crippen molar-refractivity contribution in [1.82, 2.24) is 20.0 Å². The van der Waals surface area contributed by atoms with Gasteiger partial charge in [0.1, 0.15) is 0 Å². The van der Waals surface area contributed by atoms with Gasteiger partial charge in [0.2, 0.25) is 5.91 Å². The number of nitrogens with one attached hydrogen (secondary N) is 1. The second-order valence-electron chi connectivity index (χ2n) is 8.18. The lowest BCUT2D eigenvalue weighted by Crippen LogP contribution is -2.39. The van der Waals surface area contributed by atoms with Gasteiger partial charge in [-0.25, -0.2) is 0 Å². The van der Waals surface area contributed by atoms with Gasteiger partial charge < -0.3 is 15.0 Å². The molecule has 140 valence electrons. The molecule has 2 atom stereocenters. The molecule has 1 amide bonds. The predicted octanol–water partition coefficient (Wildman–Crippen LogP) is 1.96. The zero-order valence-electron chi connectivity index (χ0n) is 16.3. The molecule has 2 fully saturated rings. The average molecular weight is 348 g/mol. The summed E-state index contributed by atoms with van der Waals surface area (Å²) in [7, 11) is 3.90. The smallest absolute Gasteiger partial charge is 0.223 e. The summed E-state index contributed by atoms with van der Waals surface area (Å²) in [5, 5.41) is 8.22. The molecule has 1 aromatic rings. The van der Waals surface area contributed by atoms with Crippen LogP contribution in [0, 0.1) is 25.2 Å². The van der Waals surface area contributed by atoms with Gasteiger partial charge >= 0.3 is 0 Å². The second-order valence-corrected chi connectivity index (χ2v) is 8.18. The fraction of sp³-hybridized carbons (Fsp3) is 0.789. The zero-order valence-corrected chi connectivity index (χ0v) is 16.3. The maximum atomic E-state index is 12.4. The molecular weight excluding hydrogens is 316 g/mol. The van der Waals surface area contributed by atoms with Crippen LogP contribution in [-0.2, 0) is 16.6 Å². The van der Waals surface area contributed by atoms with Crippen LogP contribution in [0.1, 0.15) is 49.2 Å². The first-order valence-corrected chi connectivity index (χ1v) is 9.36. The summed E-state index contributed by atoms with van der Waals surface area (Å²) in [6.45, 7) is 10.1. The topological polar surface area (TPSA) is 59.4 Å². The second kappa shape index (κ2) is 7.08. The van der Waals surface area contributed by atoms with Crippen molar-refractivity contribution in [2.45, 2.75) is 46.1 Å². The first-order chi connectivity index (χ1) is 11.8. The van der Waals surface area contributed by atoms with Gasteiger partial charge in [0, 0.05) is 64.0 Å². The highest BCUT2D eigenvalue weighted by Gasteiger charge is 2.41. The number of nitrogens with zero attached hydrogens (tertiary/aromatic N) is 3.